The van der Waals surface area contributed by atoms with Gasteiger partial charge in [0, 0.05) is 62.5 Å². The van der Waals surface area contributed by atoms with Gasteiger partial charge in [-0.2, -0.15) is 0 Å². The molecule has 1 aliphatic carbocycles. The zero-order valence-electron chi connectivity index (χ0n) is 31.0. The van der Waals surface area contributed by atoms with Gasteiger partial charge in [-0.05, 0) is 123 Å². The zero-order chi connectivity index (χ0) is 37.5. The van der Waals surface area contributed by atoms with Gasteiger partial charge in [-0.3, -0.25) is 14.5 Å². The number of carbonyl (C=O) groups excluding carboxylic acids is 3. The second-order valence-electron chi connectivity index (χ2n) is 15.1. The number of nitrogens with two attached hydrogens (primary N) is 1. The van der Waals surface area contributed by atoms with E-state index in [9.17, 15) is 14.4 Å². The Hall–Kier alpha value is -5.37. The molecule has 2 aliphatic rings. The van der Waals surface area contributed by atoms with Crippen LogP contribution < -0.4 is 20.9 Å². The Labute approximate surface area is 310 Å². The minimum atomic E-state index is -0.944. The van der Waals surface area contributed by atoms with Crippen LogP contribution in [0, 0.1) is 11.8 Å². The molecular formula is C39H50N10O4. The summed E-state index contributed by atoms with van der Waals surface area (Å²) in [5.41, 5.74) is 9.77. The Morgan fingerprint density at radius 1 is 0.962 bits per heavy atom. The number of hydrogen-bond donors (Lipinski definition) is 3. The fourth-order valence-corrected chi connectivity index (χ4v) is 7.10. The van der Waals surface area contributed by atoms with E-state index in [1.54, 1.807) is 17.0 Å². The van der Waals surface area contributed by atoms with Gasteiger partial charge in [0.05, 0.1) is 0 Å². The number of aromatic amines is 1. The summed E-state index contributed by atoms with van der Waals surface area (Å²) in [4.78, 5) is 51.0. The van der Waals surface area contributed by atoms with Gasteiger partial charge in [-0.15, -0.1) is 5.10 Å². The highest BCUT2D eigenvalue weighted by Gasteiger charge is 2.36. The summed E-state index contributed by atoms with van der Waals surface area (Å²) in [5, 5.41) is 17.0. The third-order valence-electron chi connectivity index (χ3n) is 10.0. The van der Waals surface area contributed by atoms with E-state index in [1.807, 2.05) is 63.4 Å². The van der Waals surface area contributed by atoms with Gasteiger partial charge >= 0.3 is 6.09 Å². The van der Waals surface area contributed by atoms with Crippen LogP contribution in [0.15, 0.2) is 66.9 Å². The topological polar surface area (TPSA) is 176 Å². The molecular weight excluding hydrogens is 672 g/mol. The second-order valence-corrected chi connectivity index (χ2v) is 15.1. The van der Waals surface area contributed by atoms with E-state index < -0.39 is 23.6 Å². The molecule has 3 heterocycles. The average molecular weight is 723 g/mol. The summed E-state index contributed by atoms with van der Waals surface area (Å²) >= 11 is 0. The van der Waals surface area contributed by atoms with Crippen molar-refractivity contribution >= 4 is 29.4 Å². The molecule has 0 bridgehead atoms. The second kappa shape index (κ2) is 16.5. The molecule has 14 nitrogen and oxygen atoms in total. The first-order valence-corrected chi connectivity index (χ1v) is 18.4. The number of amides is 3. The first-order valence-electron chi connectivity index (χ1n) is 18.4. The molecule has 6 rings (SSSR count). The third kappa shape index (κ3) is 9.74. The lowest BCUT2D eigenvalue weighted by Crippen LogP contribution is -2.52. The summed E-state index contributed by atoms with van der Waals surface area (Å²) in [7, 11) is 2.13. The maximum atomic E-state index is 14.5. The normalized spacial score (nSPS) is 18.6. The van der Waals surface area contributed by atoms with E-state index >= 15 is 0 Å². The molecule has 1 atom stereocenters. The fraction of sp³-hybridized carbons (Fsp3) is 0.462. The van der Waals surface area contributed by atoms with Crippen molar-refractivity contribution in [3.63, 3.8) is 0 Å². The Morgan fingerprint density at radius 2 is 1.68 bits per heavy atom. The lowest BCUT2D eigenvalue weighted by Gasteiger charge is -2.36. The number of anilines is 2. The van der Waals surface area contributed by atoms with Crippen LogP contribution in [0.1, 0.15) is 52.0 Å². The number of nitrogens with one attached hydrogen (secondary N) is 2. The molecule has 0 unspecified atom stereocenters. The molecule has 2 fully saturated rings. The highest BCUT2D eigenvalue weighted by molar-refractivity contribution is 6.01. The molecule has 2 aromatic heterocycles. The van der Waals surface area contributed by atoms with Crippen molar-refractivity contribution in [1.82, 2.24) is 35.8 Å². The van der Waals surface area contributed by atoms with Crippen molar-refractivity contribution in [1.29, 1.82) is 0 Å². The molecule has 4 N–H and O–H groups in total. The molecule has 1 saturated carbocycles. The number of H-pyrrole nitrogens is 1. The summed E-state index contributed by atoms with van der Waals surface area (Å²) in [6.07, 6.45) is 4.37. The van der Waals surface area contributed by atoms with Crippen molar-refractivity contribution in [2.75, 3.05) is 49.6 Å². The number of carbonyl (C=O) groups is 3. The van der Waals surface area contributed by atoms with Crippen LogP contribution in [0.4, 0.5) is 16.3 Å². The number of rotatable bonds is 11. The molecule has 4 aromatic rings. The predicted octanol–water partition coefficient (Wildman–Crippen LogP) is 4.44. The quantitative estimate of drug-likeness (QED) is 0.201. The van der Waals surface area contributed by atoms with Crippen molar-refractivity contribution in [2.24, 2.45) is 17.6 Å². The molecule has 0 radical (unpaired) electrons. The third-order valence-corrected chi connectivity index (χ3v) is 10.0. The van der Waals surface area contributed by atoms with Crippen molar-refractivity contribution in [3.05, 3.63) is 72.4 Å². The highest BCUT2D eigenvalue weighted by Crippen LogP contribution is 2.34. The summed E-state index contributed by atoms with van der Waals surface area (Å²) in [5.74, 6) is 0.585. The van der Waals surface area contributed by atoms with Crippen molar-refractivity contribution in [3.8, 4) is 22.5 Å². The zero-order valence-corrected chi connectivity index (χ0v) is 31.0. The molecule has 53 heavy (non-hydrogen) atoms. The monoisotopic (exact) mass is 722 g/mol. The molecule has 2 aromatic carbocycles. The number of tetrazole rings is 1. The average Bonchev–Trinajstić information content (AvgIpc) is 3.69. The van der Waals surface area contributed by atoms with Gasteiger partial charge in [0.25, 0.3) is 0 Å². The first kappa shape index (κ1) is 37.4. The lowest BCUT2D eigenvalue weighted by molar-refractivity contribution is -0.127. The van der Waals surface area contributed by atoms with E-state index in [2.05, 4.69) is 59.9 Å². The summed E-state index contributed by atoms with van der Waals surface area (Å²) < 4.78 is 5.39. The number of ether oxygens (including phenoxy) is 1. The number of alkyl carbamates (subject to hydrolysis) is 1. The van der Waals surface area contributed by atoms with Gasteiger partial charge < -0.3 is 25.6 Å². The van der Waals surface area contributed by atoms with E-state index in [-0.39, 0.29) is 24.2 Å². The van der Waals surface area contributed by atoms with Gasteiger partial charge in [0.2, 0.25) is 11.8 Å². The first-order chi connectivity index (χ1) is 25.4. The number of hydrogen-bond acceptors (Lipinski definition) is 10. The van der Waals surface area contributed by atoms with Crippen LogP contribution in [0.5, 0.6) is 0 Å². The standard InChI is InChI=1S/C39H50N10O4/c1-39(2,3)53-38(52)42-25-26-8-10-29(11-9-26)37(51)49(32-14-12-28(13-15-32)36-43-45-46-44-36)33(35(40)50)23-27-6-5-7-30(22-27)31-16-17-41-34(24-31)48-20-18-47(4)19-21-48/h5-7,12-17,22,24,26,29,33H,8-11,18-21,23,25H2,1-4H3,(H2,40,50)(H,42,52)(H,43,44,45,46)/t26-,29-,33-/m0/s1. The van der Waals surface area contributed by atoms with Crippen LogP contribution in [-0.4, -0.2) is 99.8 Å². The molecule has 1 saturated heterocycles. The van der Waals surface area contributed by atoms with E-state index in [4.69, 9.17) is 10.5 Å². The number of pyridine rings is 1. The van der Waals surface area contributed by atoms with Crippen LogP contribution in [0.3, 0.4) is 0 Å². The Morgan fingerprint density at radius 3 is 2.34 bits per heavy atom. The van der Waals surface area contributed by atoms with E-state index in [0.717, 1.165) is 67.1 Å². The molecule has 1 aliphatic heterocycles. The SMILES string of the molecule is CN1CCN(c2cc(-c3cccc(C[C@@H](C(N)=O)N(c4ccc(-c5nnn[nH]5)cc4)C(=O)[C@H]4CC[C@H](CNC(=O)OC(C)(C)C)CC4)c3)ccn2)CC1. The maximum Gasteiger partial charge on any atom is 0.407 e. The van der Waals surface area contributed by atoms with Gasteiger partial charge in [0.15, 0.2) is 5.82 Å². The van der Waals surface area contributed by atoms with Crippen molar-refractivity contribution < 1.29 is 19.1 Å². The molecule has 280 valence electrons. The smallest absolute Gasteiger partial charge is 0.407 e. The van der Waals surface area contributed by atoms with Crippen LogP contribution >= 0.6 is 0 Å². The Bertz CT molecular complexity index is 1840. The Kier molecular flexibility index (Phi) is 11.7. The van der Waals surface area contributed by atoms with Gasteiger partial charge in [0.1, 0.15) is 17.5 Å². The van der Waals surface area contributed by atoms with Gasteiger partial charge in [-0.25, -0.2) is 14.9 Å². The number of likely N-dealkylation sites (N-methyl/N-ethyl adjacent to an activating group) is 1. The molecule has 14 heteroatoms. The number of primary amides is 1. The lowest BCUT2D eigenvalue weighted by atomic mass is 9.81. The van der Waals surface area contributed by atoms with Gasteiger partial charge in [-0.1, -0.05) is 24.3 Å². The highest BCUT2D eigenvalue weighted by atomic mass is 16.6. The van der Waals surface area contributed by atoms with Crippen LogP contribution in [0.25, 0.3) is 22.5 Å². The molecule has 0 spiro atoms. The van der Waals surface area contributed by atoms with Crippen LogP contribution in [-0.2, 0) is 20.7 Å². The fourth-order valence-electron chi connectivity index (χ4n) is 7.10. The number of nitrogens with zero attached hydrogens (tertiary/aromatic N) is 7. The number of piperazine rings is 1. The van der Waals surface area contributed by atoms with E-state index in [1.165, 1.54) is 0 Å². The summed E-state index contributed by atoms with van der Waals surface area (Å²) in [6, 6.07) is 18.4. The summed E-state index contributed by atoms with van der Waals surface area (Å²) in [6.45, 7) is 9.76. The Balaban J connectivity index is 1.22. The predicted molar refractivity (Wildman–Crippen MR) is 203 cm³/mol. The number of aromatic nitrogens is 5. The minimum Gasteiger partial charge on any atom is -0.444 e. The van der Waals surface area contributed by atoms with Crippen LogP contribution in [0.2, 0.25) is 0 Å². The molecule has 3 amide bonds. The van der Waals surface area contributed by atoms with E-state index in [0.29, 0.717) is 30.9 Å². The maximum absolute atomic E-state index is 14.5. The largest absolute Gasteiger partial charge is 0.444 e. The minimum absolute atomic E-state index is 0.149. The van der Waals surface area contributed by atoms with Crippen molar-refractivity contribution in [2.45, 2.75) is 64.5 Å². The number of benzene rings is 2.